The highest BCUT2D eigenvalue weighted by Crippen LogP contribution is 2.26. The number of hydrogen-bond acceptors (Lipinski definition) is 5. The van der Waals surface area contributed by atoms with E-state index in [1.165, 1.54) is 18.5 Å². The highest BCUT2D eigenvalue weighted by Gasteiger charge is 2.25. The van der Waals surface area contributed by atoms with Crippen LogP contribution in [0.1, 0.15) is 32.4 Å². The molecule has 0 amide bonds. The van der Waals surface area contributed by atoms with E-state index in [-0.39, 0.29) is 0 Å². The van der Waals surface area contributed by atoms with Crippen LogP contribution in [0.5, 0.6) is 0 Å². The summed E-state index contributed by atoms with van der Waals surface area (Å²) in [7, 11) is 0. The molecule has 3 heterocycles. The summed E-state index contributed by atoms with van der Waals surface area (Å²) >= 11 is 0. The zero-order valence-corrected chi connectivity index (χ0v) is 17.1. The number of hydrogen-bond donors (Lipinski definition) is 2. The SMILES string of the molecule is CC(C)(O)c1cccc(-c2ccc(N3CCN(C4CCNCC4)CC3)cc2)n1. The second-order valence-electron chi connectivity index (χ2n) is 8.52. The minimum atomic E-state index is -0.927. The van der Waals surface area contributed by atoms with E-state index in [4.69, 9.17) is 0 Å². The number of anilines is 1. The highest BCUT2D eigenvalue weighted by atomic mass is 16.3. The molecule has 2 N–H and O–H groups in total. The molecule has 1 aromatic heterocycles. The molecule has 0 saturated carbocycles. The lowest BCUT2D eigenvalue weighted by molar-refractivity contribution is 0.0740. The number of aromatic nitrogens is 1. The summed E-state index contributed by atoms with van der Waals surface area (Å²) < 4.78 is 0. The van der Waals surface area contributed by atoms with Crippen molar-refractivity contribution in [2.75, 3.05) is 44.2 Å². The zero-order valence-electron chi connectivity index (χ0n) is 17.1. The second-order valence-corrected chi connectivity index (χ2v) is 8.52. The van der Waals surface area contributed by atoms with Gasteiger partial charge in [0.25, 0.3) is 0 Å². The summed E-state index contributed by atoms with van der Waals surface area (Å²) in [6.07, 6.45) is 2.57. The van der Waals surface area contributed by atoms with E-state index in [0.717, 1.165) is 56.6 Å². The Morgan fingerprint density at radius 2 is 1.64 bits per heavy atom. The summed E-state index contributed by atoms with van der Waals surface area (Å²) in [5.41, 5.74) is 3.05. The van der Waals surface area contributed by atoms with Crippen LogP contribution >= 0.6 is 0 Å². The average molecular weight is 381 g/mol. The van der Waals surface area contributed by atoms with Crippen LogP contribution < -0.4 is 10.2 Å². The maximum Gasteiger partial charge on any atom is 0.101 e. The van der Waals surface area contributed by atoms with Crippen LogP contribution in [0.25, 0.3) is 11.3 Å². The Bertz CT molecular complexity index is 770. The molecule has 2 aliphatic heterocycles. The second kappa shape index (κ2) is 8.19. The average Bonchev–Trinajstić information content (AvgIpc) is 2.74. The van der Waals surface area contributed by atoms with Crippen LogP contribution in [0.15, 0.2) is 42.5 Å². The molecule has 4 rings (SSSR count). The first kappa shape index (κ1) is 19.4. The lowest BCUT2D eigenvalue weighted by atomic mass is 10.0. The van der Waals surface area contributed by atoms with E-state index in [9.17, 15) is 5.11 Å². The van der Waals surface area contributed by atoms with Crippen LogP contribution in [0.3, 0.4) is 0 Å². The molecule has 0 radical (unpaired) electrons. The van der Waals surface area contributed by atoms with Crippen LogP contribution in [0, 0.1) is 0 Å². The molecule has 2 aromatic rings. The fraction of sp³-hybridized carbons (Fsp3) is 0.522. The fourth-order valence-corrected chi connectivity index (χ4v) is 4.30. The van der Waals surface area contributed by atoms with Gasteiger partial charge in [-0.15, -0.1) is 0 Å². The quantitative estimate of drug-likeness (QED) is 0.854. The molecule has 150 valence electrons. The predicted molar refractivity (Wildman–Crippen MR) is 115 cm³/mol. The highest BCUT2D eigenvalue weighted by molar-refractivity contribution is 5.63. The molecule has 0 bridgehead atoms. The molecular formula is C23H32N4O. The normalized spacial score (nSPS) is 19.8. The van der Waals surface area contributed by atoms with Crippen LogP contribution in [-0.2, 0) is 5.60 Å². The summed E-state index contributed by atoms with van der Waals surface area (Å²) in [6.45, 7) is 10.4. The van der Waals surface area contributed by atoms with Gasteiger partial charge in [-0.05, 0) is 64.0 Å². The summed E-state index contributed by atoms with van der Waals surface area (Å²) in [6, 6.07) is 15.3. The number of nitrogens with zero attached hydrogens (tertiary/aromatic N) is 3. The molecule has 5 heteroatoms. The number of benzene rings is 1. The Labute approximate surface area is 168 Å². The van der Waals surface area contributed by atoms with Crippen molar-refractivity contribution in [3.05, 3.63) is 48.2 Å². The molecule has 1 aromatic carbocycles. The molecule has 28 heavy (non-hydrogen) atoms. The molecule has 2 fully saturated rings. The molecule has 5 nitrogen and oxygen atoms in total. The van der Waals surface area contributed by atoms with Crippen molar-refractivity contribution in [2.24, 2.45) is 0 Å². The van der Waals surface area contributed by atoms with Crippen molar-refractivity contribution in [3.63, 3.8) is 0 Å². The monoisotopic (exact) mass is 380 g/mol. The standard InChI is InChI=1S/C23H32N4O/c1-23(2,28)22-5-3-4-21(25-22)18-6-8-19(9-7-18)26-14-16-27(17-15-26)20-10-12-24-13-11-20/h3-9,20,24,28H,10-17H2,1-2H3. The van der Waals surface area contributed by atoms with Crippen LogP contribution in [-0.4, -0.2) is 60.3 Å². The smallest absolute Gasteiger partial charge is 0.101 e. The summed E-state index contributed by atoms with van der Waals surface area (Å²) in [4.78, 5) is 9.81. The maximum atomic E-state index is 10.2. The first-order valence-electron chi connectivity index (χ1n) is 10.5. The third-order valence-corrected chi connectivity index (χ3v) is 6.04. The number of nitrogens with one attached hydrogen (secondary N) is 1. The van der Waals surface area contributed by atoms with Gasteiger partial charge >= 0.3 is 0 Å². The maximum absolute atomic E-state index is 10.2. The summed E-state index contributed by atoms with van der Waals surface area (Å²) in [5.74, 6) is 0. The van der Waals surface area contributed by atoms with Gasteiger partial charge in [0.05, 0.1) is 11.4 Å². The van der Waals surface area contributed by atoms with Crippen molar-refractivity contribution in [1.82, 2.24) is 15.2 Å². The number of rotatable bonds is 4. The van der Waals surface area contributed by atoms with Gasteiger partial charge in [-0.25, -0.2) is 4.98 Å². The van der Waals surface area contributed by atoms with Crippen molar-refractivity contribution >= 4 is 5.69 Å². The van der Waals surface area contributed by atoms with E-state index in [1.54, 1.807) is 13.8 Å². The Hall–Kier alpha value is -1.95. The number of aliphatic hydroxyl groups is 1. The molecule has 0 atom stereocenters. The molecular weight excluding hydrogens is 348 g/mol. The van der Waals surface area contributed by atoms with Crippen molar-refractivity contribution < 1.29 is 5.11 Å². The van der Waals surface area contributed by atoms with Crippen molar-refractivity contribution in [2.45, 2.75) is 38.3 Å². The van der Waals surface area contributed by atoms with Gasteiger partial charge in [-0.2, -0.15) is 0 Å². The van der Waals surface area contributed by atoms with Gasteiger partial charge in [-0.1, -0.05) is 18.2 Å². The zero-order chi connectivity index (χ0) is 19.6. The van der Waals surface area contributed by atoms with E-state index < -0.39 is 5.60 Å². The van der Waals surface area contributed by atoms with Crippen molar-refractivity contribution in [1.29, 1.82) is 0 Å². The van der Waals surface area contributed by atoms with E-state index in [1.807, 2.05) is 18.2 Å². The molecule has 2 aliphatic rings. The minimum absolute atomic E-state index is 0.697. The first-order chi connectivity index (χ1) is 13.5. The van der Waals surface area contributed by atoms with Gasteiger partial charge in [0.1, 0.15) is 5.60 Å². The molecule has 0 spiro atoms. The molecule has 2 saturated heterocycles. The topological polar surface area (TPSA) is 51.6 Å². The predicted octanol–water partition coefficient (Wildman–Crippen LogP) is 2.85. The lowest BCUT2D eigenvalue weighted by Gasteiger charge is -2.41. The third kappa shape index (κ3) is 4.37. The van der Waals surface area contributed by atoms with E-state index in [2.05, 4.69) is 44.4 Å². The van der Waals surface area contributed by atoms with E-state index in [0.29, 0.717) is 5.69 Å². The van der Waals surface area contributed by atoms with E-state index >= 15 is 0 Å². The van der Waals surface area contributed by atoms with Crippen LogP contribution in [0.4, 0.5) is 5.69 Å². The van der Waals surface area contributed by atoms with Gasteiger partial charge in [0.15, 0.2) is 0 Å². The van der Waals surface area contributed by atoms with Crippen LogP contribution in [0.2, 0.25) is 0 Å². The Morgan fingerprint density at radius 1 is 0.964 bits per heavy atom. The fourth-order valence-electron chi connectivity index (χ4n) is 4.30. The number of piperidine rings is 1. The minimum Gasteiger partial charge on any atom is -0.384 e. The number of pyridine rings is 1. The lowest BCUT2D eigenvalue weighted by Crippen LogP contribution is -2.52. The summed E-state index contributed by atoms with van der Waals surface area (Å²) in [5, 5.41) is 13.7. The Kier molecular flexibility index (Phi) is 5.67. The van der Waals surface area contributed by atoms with Gasteiger partial charge in [0.2, 0.25) is 0 Å². The largest absolute Gasteiger partial charge is 0.384 e. The van der Waals surface area contributed by atoms with Gasteiger partial charge < -0.3 is 15.3 Å². The van der Waals surface area contributed by atoms with Crippen molar-refractivity contribution in [3.8, 4) is 11.3 Å². The Balaban J connectivity index is 1.40. The Morgan fingerprint density at radius 3 is 2.29 bits per heavy atom. The van der Waals surface area contributed by atoms with Gasteiger partial charge in [0, 0.05) is 43.5 Å². The first-order valence-corrected chi connectivity index (χ1v) is 10.5. The molecule has 0 unspecified atom stereocenters. The molecule has 0 aliphatic carbocycles. The van der Waals surface area contributed by atoms with Gasteiger partial charge in [-0.3, -0.25) is 4.90 Å². The third-order valence-electron chi connectivity index (χ3n) is 6.04. The number of piperazine rings is 1.